The molecule has 1 heterocycles. The molecule has 0 aliphatic heterocycles. The Bertz CT molecular complexity index is 629. The molecule has 0 radical (unpaired) electrons. The Morgan fingerprint density at radius 1 is 1.24 bits per heavy atom. The van der Waals surface area contributed by atoms with Gasteiger partial charge in [-0.15, -0.1) is 0 Å². The van der Waals surface area contributed by atoms with Crippen molar-refractivity contribution in [2.75, 3.05) is 0 Å². The smallest absolute Gasteiger partial charge is 0.236 e. The van der Waals surface area contributed by atoms with Crippen LogP contribution in [0.1, 0.15) is 11.3 Å². The first kappa shape index (κ1) is 11.7. The molecule has 2 rings (SSSR count). The Hall–Kier alpha value is -1.80. The number of nitriles is 1. The first-order valence-corrected chi connectivity index (χ1v) is 4.87. The minimum Gasteiger partial charge on any atom is -0.236 e. The van der Waals surface area contributed by atoms with Crippen molar-refractivity contribution in [1.82, 2.24) is 4.98 Å². The number of hydrogen-bond acceptors (Lipinski definition) is 2. The molecule has 0 spiro atoms. The maximum Gasteiger partial charge on any atom is 0.418 e. The highest BCUT2D eigenvalue weighted by Gasteiger charge is 2.33. The van der Waals surface area contributed by atoms with Crippen LogP contribution in [0.3, 0.4) is 0 Å². The number of fused-ring (bicyclic) bond motifs is 1. The minimum absolute atomic E-state index is 0.0173. The molecule has 0 aliphatic rings. The summed E-state index contributed by atoms with van der Waals surface area (Å²) in [6, 6.07) is 6.62. The van der Waals surface area contributed by atoms with Gasteiger partial charge in [-0.1, -0.05) is 11.6 Å². The molecule has 0 bridgehead atoms. The fraction of sp³-hybridized carbons (Fsp3) is 0.0909. The third-order valence-electron chi connectivity index (χ3n) is 2.18. The van der Waals surface area contributed by atoms with Crippen LogP contribution < -0.4 is 0 Å². The first-order valence-electron chi connectivity index (χ1n) is 4.49. The number of alkyl halides is 3. The molecule has 0 unspecified atom stereocenters. The van der Waals surface area contributed by atoms with Crippen molar-refractivity contribution in [3.05, 3.63) is 40.5 Å². The van der Waals surface area contributed by atoms with Crippen molar-refractivity contribution >= 4 is 22.5 Å². The molecule has 1 aromatic heterocycles. The van der Waals surface area contributed by atoms with Crippen LogP contribution in [0.4, 0.5) is 13.2 Å². The van der Waals surface area contributed by atoms with E-state index in [0.717, 1.165) is 6.07 Å². The SMILES string of the molecule is N#Cc1ccc2cc(Cl)cc(C(F)(F)F)c2n1. The lowest BCUT2D eigenvalue weighted by molar-refractivity contribution is -0.136. The zero-order chi connectivity index (χ0) is 12.6. The Kier molecular flexibility index (Phi) is 2.68. The summed E-state index contributed by atoms with van der Waals surface area (Å²) in [6.07, 6.45) is -4.55. The Morgan fingerprint density at radius 2 is 1.94 bits per heavy atom. The Morgan fingerprint density at radius 3 is 2.53 bits per heavy atom. The fourth-order valence-electron chi connectivity index (χ4n) is 1.48. The third-order valence-corrected chi connectivity index (χ3v) is 2.40. The lowest BCUT2D eigenvalue weighted by atomic mass is 10.1. The second kappa shape index (κ2) is 3.90. The molecule has 0 aliphatic carbocycles. The van der Waals surface area contributed by atoms with Gasteiger partial charge in [0, 0.05) is 10.4 Å². The second-order valence-electron chi connectivity index (χ2n) is 3.33. The van der Waals surface area contributed by atoms with Gasteiger partial charge in [0.25, 0.3) is 0 Å². The van der Waals surface area contributed by atoms with Crippen molar-refractivity contribution in [3.63, 3.8) is 0 Å². The van der Waals surface area contributed by atoms with Crippen molar-refractivity contribution in [2.45, 2.75) is 6.18 Å². The van der Waals surface area contributed by atoms with Crippen LogP contribution in [0.15, 0.2) is 24.3 Å². The minimum atomic E-state index is -4.55. The van der Waals surface area contributed by atoms with Gasteiger partial charge in [0.2, 0.25) is 0 Å². The van der Waals surface area contributed by atoms with Gasteiger partial charge in [-0.2, -0.15) is 18.4 Å². The van der Waals surface area contributed by atoms with E-state index < -0.39 is 11.7 Å². The largest absolute Gasteiger partial charge is 0.418 e. The summed E-state index contributed by atoms with van der Waals surface area (Å²) in [5.41, 5.74) is -1.26. The van der Waals surface area contributed by atoms with Gasteiger partial charge >= 0.3 is 6.18 Å². The molecule has 86 valence electrons. The van der Waals surface area contributed by atoms with Crippen molar-refractivity contribution < 1.29 is 13.2 Å². The fourth-order valence-corrected chi connectivity index (χ4v) is 1.70. The van der Waals surface area contributed by atoms with Gasteiger partial charge in [0.15, 0.2) is 0 Å². The number of rotatable bonds is 0. The van der Waals surface area contributed by atoms with Crippen LogP contribution in [0.2, 0.25) is 5.02 Å². The van der Waals surface area contributed by atoms with Crippen molar-refractivity contribution in [1.29, 1.82) is 5.26 Å². The summed E-state index contributed by atoms with van der Waals surface area (Å²) in [4.78, 5) is 3.66. The molecule has 2 nitrogen and oxygen atoms in total. The van der Waals surface area contributed by atoms with Gasteiger partial charge in [0.05, 0.1) is 11.1 Å². The summed E-state index contributed by atoms with van der Waals surface area (Å²) >= 11 is 5.61. The molecule has 0 saturated heterocycles. The molecule has 17 heavy (non-hydrogen) atoms. The van der Waals surface area contributed by atoms with Gasteiger partial charge < -0.3 is 0 Å². The Labute approximate surface area is 99.3 Å². The number of halogens is 4. The maximum atomic E-state index is 12.8. The van der Waals surface area contributed by atoms with Crippen LogP contribution in [-0.2, 0) is 6.18 Å². The van der Waals surface area contributed by atoms with E-state index in [4.69, 9.17) is 16.9 Å². The van der Waals surface area contributed by atoms with Crippen LogP contribution in [0, 0.1) is 11.3 Å². The van der Waals surface area contributed by atoms with E-state index in [2.05, 4.69) is 4.98 Å². The summed E-state index contributed by atoms with van der Waals surface area (Å²) in [6.45, 7) is 0. The van der Waals surface area contributed by atoms with Crippen molar-refractivity contribution in [2.24, 2.45) is 0 Å². The number of nitrogens with zero attached hydrogens (tertiary/aromatic N) is 2. The maximum absolute atomic E-state index is 12.8. The number of benzene rings is 1. The first-order chi connectivity index (χ1) is 7.91. The lowest BCUT2D eigenvalue weighted by Gasteiger charge is -2.10. The van der Waals surface area contributed by atoms with E-state index in [0.29, 0.717) is 0 Å². The van der Waals surface area contributed by atoms with Crippen LogP contribution in [0.25, 0.3) is 10.9 Å². The number of hydrogen-bond donors (Lipinski definition) is 0. The standard InChI is InChI=1S/C11H4ClF3N2/c12-7-3-6-1-2-8(5-16)17-10(6)9(4-7)11(13,14)15/h1-4H. The van der Waals surface area contributed by atoms with E-state index >= 15 is 0 Å². The molecule has 2 aromatic rings. The molecule has 1 aromatic carbocycles. The summed E-state index contributed by atoms with van der Waals surface area (Å²) in [5.74, 6) is 0. The molecule has 6 heteroatoms. The highest BCUT2D eigenvalue weighted by Crippen LogP contribution is 2.36. The monoisotopic (exact) mass is 256 g/mol. The highest BCUT2D eigenvalue weighted by atomic mass is 35.5. The third kappa shape index (κ3) is 2.17. The molecule has 0 fully saturated rings. The predicted octanol–water partition coefficient (Wildman–Crippen LogP) is 3.78. The zero-order valence-electron chi connectivity index (χ0n) is 8.22. The van der Waals surface area contributed by atoms with Crippen LogP contribution in [0.5, 0.6) is 0 Å². The molecular weight excluding hydrogens is 253 g/mol. The molecule has 0 N–H and O–H groups in total. The van der Waals surface area contributed by atoms with Gasteiger partial charge in [0.1, 0.15) is 11.8 Å². The second-order valence-corrected chi connectivity index (χ2v) is 3.77. The highest BCUT2D eigenvalue weighted by molar-refractivity contribution is 6.31. The summed E-state index contributed by atoms with van der Waals surface area (Å²) in [5, 5.41) is 8.86. The average molecular weight is 257 g/mol. The van der Waals surface area contributed by atoms with Gasteiger partial charge in [-0.3, -0.25) is 0 Å². The summed E-state index contributed by atoms with van der Waals surface area (Å²) in [7, 11) is 0. The zero-order valence-corrected chi connectivity index (χ0v) is 8.97. The van der Waals surface area contributed by atoms with E-state index in [-0.39, 0.29) is 21.6 Å². The van der Waals surface area contributed by atoms with Crippen molar-refractivity contribution in [3.8, 4) is 6.07 Å². The van der Waals surface area contributed by atoms with E-state index in [1.54, 1.807) is 6.07 Å². The van der Waals surface area contributed by atoms with Crippen LogP contribution in [-0.4, -0.2) is 4.98 Å². The molecule has 0 atom stereocenters. The number of pyridine rings is 1. The van der Waals surface area contributed by atoms with Gasteiger partial charge in [-0.25, -0.2) is 4.98 Å². The normalized spacial score (nSPS) is 11.5. The average Bonchev–Trinajstić information content (AvgIpc) is 2.26. The molecular formula is C11H4ClF3N2. The number of aromatic nitrogens is 1. The van der Waals surface area contributed by atoms with Gasteiger partial charge in [-0.05, 0) is 24.3 Å². The molecule has 0 saturated carbocycles. The topological polar surface area (TPSA) is 36.7 Å². The predicted molar refractivity (Wildman–Crippen MR) is 56.5 cm³/mol. The summed E-state index contributed by atoms with van der Waals surface area (Å²) < 4.78 is 38.3. The van der Waals surface area contributed by atoms with E-state index in [1.807, 2.05) is 0 Å². The van der Waals surface area contributed by atoms with Crippen LogP contribution >= 0.6 is 11.6 Å². The van der Waals surface area contributed by atoms with E-state index in [9.17, 15) is 13.2 Å². The lowest BCUT2D eigenvalue weighted by Crippen LogP contribution is -2.07. The molecule has 0 amide bonds. The quantitative estimate of drug-likeness (QED) is 0.719. The Balaban J connectivity index is 2.86. The van der Waals surface area contributed by atoms with E-state index in [1.165, 1.54) is 18.2 Å².